The fraction of sp³-hybridized carbons (Fsp3) is 0.429. The molecule has 1 amide bonds. The van der Waals surface area contributed by atoms with E-state index in [1.54, 1.807) is 18.0 Å². The molecular formula is C21H27N5O2. The third-order valence-electron chi connectivity index (χ3n) is 4.99. The van der Waals surface area contributed by atoms with Crippen molar-refractivity contribution in [1.29, 1.82) is 0 Å². The van der Waals surface area contributed by atoms with Crippen LogP contribution in [-0.4, -0.2) is 32.8 Å². The molecule has 3 rings (SSSR count). The van der Waals surface area contributed by atoms with Crippen LogP contribution in [0.3, 0.4) is 0 Å². The minimum absolute atomic E-state index is 0.161. The second kappa shape index (κ2) is 7.58. The molecule has 0 spiro atoms. The lowest BCUT2D eigenvalue weighted by Crippen LogP contribution is -2.24. The van der Waals surface area contributed by atoms with E-state index in [0.717, 1.165) is 45.0 Å². The predicted octanol–water partition coefficient (Wildman–Crippen LogP) is 3.35. The lowest BCUT2D eigenvalue weighted by molar-refractivity contribution is 0.0951. The average molecular weight is 381 g/mol. The fourth-order valence-corrected chi connectivity index (χ4v) is 3.45. The van der Waals surface area contributed by atoms with E-state index in [4.69, 9.17) is 9.72 Å². The monoisotopic (exact) mass is 381 g/mol. The van der Waals surface area contributed by atoms with Gasteiger partial charge < -0.3 is 10.1 Å². The third-order valence-corrected chi connectivity index (χ3v) is 4.99. The van der Waals surface area contributed by atoms with Crippen LogP contribution in [-0.2, 0) is 13.6 Å². The van der Waals surface area contributed by atoms with Crippen molar-refractivity contribution in [2.24, 2.45) is 7.05 Å². The summed E-state index contributed by atoms with van der Waals surface area (Å²) in [6.07, 6.45) is 1.76. The summed E-state index contributed by atoms with van der Waals surface area (Å²) in [6, 6.07) is 1.87. The summed E-state index contributed by atoms with van der Waals surface area (Å²) in [5.41, 5.74) is 5.66. The highest BCUT2D eigenvalue weighted by Gasteiger charge is 2.20. The number of fused-ring (bicyclic) bond motifs is 1. The second-order valence-electron chi connectivity index (χ2n) is 7.39. The number of pyridine rings is 2. The summed E-state index contributed by atoms with van der Waals surface area (Å²) in [7, 11) is 3.49. The lowest BCUT2D eigenvalue weighted by Gasteiger charge is -2.14. The van der Waals surface area contributed by atoms with Crippen LogP contribution in [0.1, 0.15) is 58.3 Å². The van der Waals surface area contributed by atoms with Crippen molar-refractivity contribution < 1.29 is 9.53 Å². The third kappa shape index (κ3) is 3.44. The molecule has 3 aromatic rings. The number of amides is 1. The number of methoxy groups -OCH3 is 1. The Morgan fingerprint density at radius 1 is 1.29 bits per heavy atom. The first kappa shape index (κ1) is 19.8. The Hall–Kier alpha value is -2.96. The van der Waals surface area contributed by atoms with Crippen LogP contribution in [0.15, 0.2) is 12.3 Å². The largest absolute Gasteiger partial charge is 0.496 e. The zero-order chi connectivity index (χ0) is 20.6. The summed E-state index contributed by atoms with van der Waals surface area (Å²) in [4.78, 5) is 22.2. The van der Waals surface area contributed by atoms with Gasteiger partial charge >= 0.3 is 0 Å². The Labute approximate surface area is 165 Å². The van der Waals surface area contributed by atoms with Crippen LogP contribution >= 0.6 is 0 Å². The molecule has 0 unspecified atom stereocenters. The van der Waals surface area contributed by atoms with E-state index in [2.05, 4.69) is 29.2 Å². The van der Waals surface area contributed by atoms with Gasteiger partial charge in [-0.25, -0.2) is 4.98 Å². The maximum atomic E-state index is 13.1. The SMILES string of the molecule is COc1c(C)cnc(CNC(=O)c2cc(C(C)C)nc3c2c(C)nn3C)c1C. The number of ether oxygens (including phenoxy) is 1. The second-order valence-corrected chi connectivity index (χ2v) is 7.39. The van der Waals surface area contributed by atoms with Gasteiger partial charge in [0.2, 0.25) is 0 Å². The highest BCUT2D eigenvalue weighted by Crippen LogP contribution is 2.26. The summed E-state index contributed by atoms with van der Waals surface area (Å²) in [6.45, 7) is 10.2. The van der Waals surface area contributed by atoms with E-state index in [0.29, 0.717) is 12.1 Å². The van der Waals surface area contributed by atoms with Crippen molar-refractivity contribution in [2.45, 2.75) is 47.1 Å². The highest BCUT2D eigenvalue weighted by molar-refractivity contribution is 6.06. The van der Waals surface area contributed by atoms with Crippen molar-refractivity contribution in [2.75, 3.05) is 7.11 Å². The van der Waals surface area contributed by atoms with E-state index in [-0.39, 0.29) is 11.8 Å². The van der Waals surface area contributed by atoms with Crippen molar-refractivity contribution in [3.8, 4) is 5.75 Å². The predicted molar refractivity (Wildman–Crippen MR) is 109 cm³/mol. The number of rotatable bonds is 5. The molecule has 28 heavy (non-hydrogen) atoms. The Balaban J connectivity index is 1.96. The van der Waals surface area contributed by atoms with Gasteiger partial charge in [0.15, 0.2) is 5.65 Å². The lowest BCUT2D eigenvalue weighted by atomic mass is 10.0. The van der Waals surface area contributed by atoms with Crippen LogP contribution in [0.4, 0.5) is 0 Å². The van der Waals surface area contributed by atoms with Gasteiger partial charge in [0.25, 0.3) is 5.91 Å². The first-order chi connectivity index (χ1) is 13.2. The Bertz CT molecular complexity index is 1050. The molecule has 0 fully saturated rings. The minimum atomic E-state index is -0.161. The smallest absolute Gasteiger partial charge is 0.252 e. The molecule has 1 N–H and O–H groups in total. The van der Waals surface area contributed by atoms with Gasteiger partial charge in [-0.15, -0.1) is 0 Å². The Morgan fingerprint density at radius 3 is 2.64 bits per heavy atom. The number of aromatic nitrogens is 4. The molecule has 7 nitrogen and oxygen atoms in total. The van der Waals surface area contributed by atoms with Crippen molar-refractivity contribution in [3.63, 3.8) is 0 Å². The topological polar surface area (TPSA) is 81.9 Å². The Morgan fingerprint density at radius 2 is 2.00 bits per heavy atom. The van der Waals surface area contributed by atoms with E-state index in [1.807, 2.05) is 33.9 Å². The molecule has 0 radical (unpaired) electrons. The molecule has 0 saturated carbocycles. The van der Waals surface area contributed by atoms with Crippen LogP contribution < -0.4 is 10.1 Å². The minimum Gasteiger partial charge on any atom is -0.496 e. The normalized spacial score (nSPS) is 11.3. The van der Waals surface area contributed by atoms with Gasteiger partial charge in [0.1, 0.15) is 5.75 Å². The molecule has 0 aromatic carbocycles. The standard InChI is InChI=1S/C21H27N5O2/c1-11(2)16-8-15(18-14(5)25-26(6)20(18)24-16)21(27)23-10-17-13(4)19(28-7)12(3)9-22-17/h8-9,11H,10H2,1-7H3,(H,23,27). The molecule has 0 aliphatic heterocycles. The molecule has 0 atom stereocenters. The number of carbonyl (C=O) groups is 1. The molecule has 0 bridgehead atoms. The number of carbonyl (C=O) groups excluding carboxylic acids is 1. The van der Waals surface area contributed by atoms with Crippen molar-refractivity contribution in [3.05, 3.63) is 46.0 Å². The van der Waals surface area contributed by atoms with E-state index in [1.165, 1.54) is 0 Å². The summed E-state index contributed by atoms with van der Waals surface area (Å²) in [5.74, 6) is 0.846. The summed E-state index contributed by atoms with van der Waals surface area (Å²) in [5, 5.41) is 8.23. The zero-order valence-electron chi connectivity index (χ0n) is 17.5. The fourth-order valence-electron chi connectivity index (χ4n) is 3.45. The van der Waals surface area contributed by atoms with E-state index < -0.39 is 0 Å². The molecule has 3 aromatic heterocycles. The maximum absolute atomic E-state index is 13.1. The molecule has 0 aliphatic carbocycles. The van der Waals surface area contributed by atoms with Crippen LogP contribution in [0.2, 0.25) is 0 Å². The maximum Gasteiger partial charge on any atom is 0.252 e. The van der Waals surface area contributed by atoms with E-state index in [9.17, 15) is 4.79 Å². The molecule has 148 valence electrons. The zero-order valence-corrected chi connectivity index (χ0v) is 17.5. The van der Waals surface area contributed by atoms with Gasteiger partial charge in [-0.1, -0.05) is 13.8 Å². The summed E-state index contributed by atoms with van der Waals surface area (Å²) >= 11 is 0. The molecule has 0 saturated heterocycles. The van der Waals surface area contributed by atoms with Crippen LogP contribution in [0.5, 0.6) is 5.75 Å². The molecular weight excluding hydrogens is 354 g/mol. The Kier molecular flexibility index (Phi) is 5.36. The number of hydrogen-bond donors (Lipinski definition) is 1. The number of nitrogens with zero attached hydrogens (tertiary/aromatic N) is 4. The summed E-state index contributed by atoms with van der Waals surface area (Å²) < 4.78 is 7.18. The van der Waals surface area contributed by atoms with Gasteiger partial charge in [-0.2, -0.15) is 5.10 Å². The van der Waals surface area contributed by atoms with Crippen molar-refractivity contribution >= 4 is 16.9 Å². The van der Waals surface area contributed by atoms with Gasteiger partial charge in [-0.05, 0) is 32.8 Å². The number of nitrogens with one attached hydrogen (secondary N) is 1. The molecule has 7 heteroatoms. The van der Waals surface area contributed by atoms with E-state index >= 15 is 0 Å². The number of aryl methyl sites for hydroxylation is 3. The van der Waals surface area contributed by atoms with Gasteiger partial charge in [0.05, 0.1) is 36.0 Å². The molecule has 3 heterocycles. The number of hydrogen-bond acceptors (Lipinski definition) is 5. The molecule has 0 aliphatic rings. The van der Waals surface area contributed by atoms with Gasteiger partial charge in [-0.3, -0.25) is 14.5 Å². The first-order valence-corrected chi connectivity index (χ1v) is 9.36. The highest BCUT2D eigenvalue weighted by atomic mass is 16.5. The van der Waals surface area contributed by atoms with Crippen molar-refractivity contribution in [1.82, 2.24) is 25.1 Å². The average Bonchev–Trinajstić information content (AvgIpc) is 2.94. The van der Waals surface area contributed by atoms with Crippen LogP contribution in [0, 0.1) is 20.8 Å². The quantitative estimate of drug-likeness (QED) is 0.733. The van der Waals surface area contributed by atoms with Gasteiger partial charge in [0, 0.05) is 30.1 Å². The van der Waals surface area contributed by atoms with Crippen LogP contribution in [0.25, 0.3) is 11.0 Å². The first-order valence-electron chi connectivity index (χ1n) is 9.36.